The van der Waals surface area contributed by atoms with E-state index in [0.717, 1.165) is 5.56 Å². The normalized spacial score (nSPS) is 14.1. The fourth-order valence-electron chi connectivity index (χ4n) is 2.20. The number of halogens is 1. The summed E-state index contributed by atoms with van der Waals surface area (Å²) in [5.41, 5.74) is 11.8. The van der Waals surface area contributed by atoms with Crippen LogP contribution >= 0.6 is 0 Å². The van der Waals surface area contributed by atoms with E-state index in [1.54, 1.807) is 18.2 Å². The van der Waals surface area contributed by atoms with E-state index in [0.29, 0.717) is 28.1 Å². The standard InChI is InChI=1S/C16H14FN3O2/c1-9-2-3-10(7-14(9)18)12-5-4-11(6-13(12)17)15-8-22-16(21)20-19-15/h2-7H,8,18H2,1H3,(H,20,21). The number of hydrogen-bond acceptors (Lipinski definition) is 4. The maximum Gasteiger partial charge on any atom is 0.428 e. The van der Waals surface area contributed by atoms with E-state index in [-0.39, 0.29) is 12.4 Å². The van der Waals surface area contributed by atoms with Crippen molar-refractivity contribution in [3.05, 3.63) is 53.3 Å². The predicted octanol–water partition coefficient (Wildman–Crippen LogP) is 2.83. The second-order valence-electron chi connectivity index (χ2n) is 5.01. The summed E-state index contributed by atoms with van der Waals surface area (Å²) in [5, 5.41) is 3.86. The lowest BCUT2D eigenvalue weighted by Crippen LogP contribution is -2.30. The van der Waals surface area contributed by atoms with Crippen LogP contribution in [0.3, 0.4) is 0 Å². The molecular weight excluding hydrogens is 285 g/mol. The molecule has 6 heteroatoms. The van der Waals surface area contributed by atoms with Crippen molar-refractivity contribution in [3.8, 4) is 11.1 Å². The molecule has 22 heavy (non-hydrogen) atoms. The van der Waals surface area contributed by atoms with Gasteiger partial charge in [0.15, 0.2) is 0 Å². The second-order valence-corrected chi connectivity index (χ2v) is 5.01. The number of aryl methyl sites for hydroxylation is 1. The number of carbonyl (C=O) groups is 1. The van der Waals surface area contributed by atoms with E-state index in [1.807, 2.05) is 19.1 Å². The number of nitrogens with two attached hydrogens (primary N) is 1. The number of nitrogens with zero attached hydrogens (tertiary/aromatic N) is 1. The summed E-state index contributed by atoms with van der Waals surface area (Å²) in [6.45, 7) is 1.91. The summed E-state index contributed by atoms with van der Waals surface area (Å²) in [6.07, 6.45) is -0.615. The van der Waals surface area contributed by atoms with Gasteiger partial charge in [-0.3, -0.25) is 0 Å². The molecule has 1 amide bonds. The molecule has 0 spiro atoms. The SMILES string of the molecule is Cc1ccc(-c2ccc(C3=NNC(=O)OC3)cc2F)cc1N. The molecule has 0 aliphatic carbocycles. The Bertz CT molecular complexity index is 787. The van der Waals surface area contributed by atoms with E-state index >= 15 is 0 Å². The Kier molecular flexibility index (Phi) is 3.50. The molecule has 0 fully saturated rings. The number of hydrogen-bond donors (Lipinski definition) is 2. The van der Waals surface area contributed by atoms with Gasteiger partial charge in [-0.25, -0.2) is 14.6 Å². The van der Waals surface area contributed by atoms with Crippen LogP contribution in [0.4, 0.5) is 14.9 Å². The molecule has 1 aliphatic rings. The Morgan fingerprint density at radius 3 is 2.64 bits per heavy atom. The summed E-state index contributed by atoms with van der Waals surface area (Å²) in [5.74, 6) is -0.389. The van der Waals surface area contributed by atoms with Crippen LogP contribution in [0.15, 0.2) is 41.5 Å². The highest BCUT2D eigenvalue weighted by molar-refractivity contribution is 6.04. The quantitative estimate of drug-likeness (QED) is 0.837. The minimum absolute atomic E-state index is 0.0160. The number of nitrogens with one attached hydrogen (secondary N) is 1. The first-order valence-electron chi connectivity index (χ1n) is 6.70. The van der Waals surface area contributed by atoms with Gasteiger partial charge < -0.3 is 10.5 Å². The molecule has 0 atom stereocenters. The monoisotopic (exact) mass is 299 g/mol. The number of cyclic esters (lactones) is 1. The Labute approximate surface area is 126 Å². The molecule has 2 aromatic carbocycles. The third-order valence-corrected chi connectivity index (χ3v) is 3.51. The molecule has 0 bridgehead atoms. The third-order valence-electron chi connectivity index (χ3n) is 3.51. The molecule has 0 saturated carbocycles. The Balaban J connectivity index is 1.95. The molecule has 2 aromatic rings. The van der Waals surface area contributed by atoms with Gasteiger partial charge in [0.05, 0.1) is 0 Å². The van der Waals surface area contributed by atoms with Gasteiger partial charge in [0.25, 0.3) is 0 Å². The third kappa shape index (κ3) is 2.63. The van der Waals surface area contributed by atoms with Crippen LogP contribution in [-0.2, 0) is 4.74 Å². The highest BCUT2D eigenvalue weighted by atomic mass is 19.1. The highest BCUT2D eigenvalue weighted by Crippen LogP contribution is 2.27. The van der Waals surface area contributed by atoms with Crippen LogP contribution in [0.1, 0.15) is 11.1 Å². The van der Waals surface area contributed by atoms with Gasteiger partial charge in [-0.15, -0.1) is 0 Å². The number of hydrazone groups is 1. The number of ether oxygens (including phenoxy) is 1. The molecule has 112 valence electrons. The minimum atomic E-state index is -0.615. The zero-order valence-corrected chi connectivity index (χ0v) is 11.9. The van der Waals surface area contributed by atoms with Crippen molar-refractivity contribution in [2.45, 2.75) is 6.92 Å². The maximum absolute atomic E-state index is 14.4. The molecule has 0 saturated heterocycles. The fraction of sp³-hybridized carbons (Fsp3) is 0.125. The molecule has 3 N–H and O–H groups in total. The van der Waals surface area contributed by atoms with Crippen molar-refractivity contribution in [1.29, 1.82) is 0 Å². The zero-order valence-electron chi connectivity index (χ0n) is 11.9. The number of rotatable bonds is 2. The molecule has 1 heterocycles. The van der Waals surface area contributed by atoms with Gasteiger partial charge in [-0.1, -0.05) is 24.3 Å². The first-order valence-corrected chi connectivity index (χ1v) is 6.70. The maximum atomic E-state index is 14.4. The Morgan fingerprint density at radius 1 is 1.23 bits per heavy atom. The molecule has 5 nitrogen and oxygen atoms in total. The number of amides is 1. The number of nitrogen functional groups attached to an aromatic ring is 1. The summed E-state index contributed by atoms with van der Waals surface area (Å²) >= 11 is 0. The van der Waals surface area contributed by atoms with Gasteiger partial charge in [-0.05, 0) is 30.2 Å². The summed E-state index contributed by atoms with van der Waals surface area (Å²) in [7, 11) is 0. The Hall–Kier alpha value is -2.89. The molecule has 0 unspecified atom stereocenters. The van der Waals surface area contributed by atoms with E-state index in [4.69, 9.17) is 10.5 Å². The second kappa shape index (κ2) is 5.48. The lowest BCUT2D eigenvalue weighted by molar-refractivity contribution is 0.157. The molecular formula is C16H14FN3O2. The lowest BCUT2D eigenvalue weighted by atomic mass is 9.99. The largest absolute Gasteiger partial charge is 0.442 e. The van der Waals surface area contributed by atoms with Crippen molar-refractivity contribution in [2.24, 2.45) is 5.10 Å². The van der Waals surface area contributed by atoms with Crippen molar-refractivity contribution < 1.29 is 13.9 Å². The van der Waals surface area contributed by atoms with Gasteiger partial charge >= 0.3 is 6.09 Å². The van der Waals surface area contributed by atoms with Gasteiger partial charge in [0.1, 0.15) is 18.1 Å². The van der Waals surface area contributed by atoms with Crippen molar-refractivity contribution >= 4 is 17.5 Å². The topological polar surface area (TPSA) is 76.7 Å². The first kappa shape index (κ1) is 14.1. The van der Waals surface area contributed by atoms with E-state index in [9.17, 15) is 9.18 Å². The van der Waals surface area contributed by atoms with Crippen LogP contribution in [0.2, 0.25) is 0 Å². The summed E-state index contributed by atoms with van der Waals surface area (Å²) in [6, 6.07) is 10.2. The Morgan fingerprint density at radius 2 is 2.00 bits per heavy atom. The van der Waals surface area contributed by atoms with Gasteiger partial charge in [0.2, 0.25) is 0 Å². The molecule has 1 aliphatic heterocycles. The van der Waals surface area contributed by atoms with E-state index in [2.05, 4.69) is 10.5 Å². The molecule has 3 rings (SSSR count). The fourth-order valence-corrected chi connectivity index (χ4v) is 2.20. The highest BCUT2D eigenvalue weighted by Gasteiger charge is 2.16. The van der Waals surface area contributed by atoms with Crippen molar-refractivity contribution in [2.75, 3.05) is 12.3 Å². The average molecular weight is 299 g/mol. The van der Waals surface area contributed by atoms with E-state index in [1.165, 1.54) is 6.07 Å². The number of carbonyl (C=O) groups excluding carboxylic acids is 1. The zero-order chi connectivity index (χ0) is 15.7. The molecule has 0 radical (unpaired) electrons. The summed E-state index contributed by atoms with van der Waals surface area (Å²) in [4.78, 5) is 10.9. The van der Waals surface area contributed by atoms with Crippen molar-refractivity contribution in [1.82, 2.24) is 5.43 Å². The average Bonchev–Trinajstić information content (AvgIpc) is 2.51. The molecule has 0 aromatic heterocycles. The van der Waals surface area contributed by atoms with Crippen LogP contribution in [-0.4, -0.2) is 18.4 Å². The summed E-state index contributed by atoms with van der Waals surface area (Å²) < 4.78 is 19.2. The van der Waals surface area contributed by atoms with Crippen LogP contribution in [0.25, 0.3) is 11.1 Å². The van der Waals surface area contributed by atoms with Crippen LogP contribution in [0, 0.1) is 12.7 Å². The van der Waals surface area contributed by atoms with Gasteiger partial charge in [0, 0.05) is 16.8 Å². The van der Waals surface area contributed by atoms with Crippen LogP contribution < -0.4 is 11.2 Å². The first-order chi connectivity index (χ1) is 10.5. The number of benzene rings is 2. The van der Waals surface area contributed by atoms with E-state index < -0.39 is 6.09 Å². The van der Waals surface area contributed by atoms with Gasteiger partial charge in [-0.2, -0.15) is 5.10 Å². The van der Waals surface area contributed by atoms with Crippen molar-refractivity contribution in [3.63, 3.8) is 0 Å². The predicted molar refractivity (Wildman–Crippen MR) is 82.0 cm³/mol. The lowest BCUT2D eigenvalue weighted by Gasteiger charge is -2.14. The van der Waals surface area contributed by atoms with Crippen LogP contribution in [0.5, 0.6) is 0 Å². The number of anilines is 1. The smallest absolute Gasteiger partial charge is 0.428 e. The minimum Gasteiger partial charge on any atom is -0.442 e.